The Hall–Kier alpha value is -0.700. The van der Waals surface area contributed by atoms with Crippen LogP contribution in [0.25, 0.3) is 0 Å². The summed E-state index contributed by atoms with van der Waals surface area (Å²) in [7, 11) is 0. The van der Waals surface area contributed by atoms with Crippen LogP contribution < -0.4 is 0 Å². The largest absolute Gasteiger partial charge is 0.437 e. The Morgan fingerprint density at radius 2 is 2.30 bits per heavy atom. The molecule has 0 N–H and O–H groups in total. The number of hydrogen-bond donors (Lipinski definition) is 0. The van der Waals surface area contributed by atoms with Crippen LogP contribution in [0.2, 0.25) is 0 Å². The lowest BCUT2D eigenvalue weighted by atomic mass is 10.5. The van der Waals surface area contributed by atoms with Gasteiger partial charge in [0.25, 0.3) is 0 Å². The Morgan fingerprint density at radius 1 is 1.60 bits per heavy atom. The fourth-order valence-electron chi connectivity index (χ4n) is 0.641. The van der Waals surface area contributed by atoms with E-state index in [1.165, 1.54) is 0 Å². The normalized spacial score (nSPS) is 24.0. The minimum Gasteiger partial charge on any atom is -0.437 e. The van der Waals surface area contributed by atoms with Gasteiger partial charge in [-0.05, 0) is 20.8 Å². The quantitative estimate of drug-likeness (QED) is 0.589. The van der Waals surface area contributed by atoms with E-state index in [-0.39, 0.29) is 6.10 Å². The Bertz CT molecular complexity index is 140. The number of hydrogen-bond acceptors (Lipinski definition) is 3. The second kappa shape index (κ2) is 2.92. The molecule has 1 heterocycles. The predicted octanol–water partition coefficient (Wildman–Crippen LogP) is 1.60. The van der Waals surface area contributed by atoms with E-state index in [0.29, 0.717) is 0 Å². The van der Waals surface area contributed by atoms with Gasteiger partial charge in [0.05, 0.1) is 6.10 Å². The van der Waals surface area contributed by atoms with Crippen molar-refractivity contribution < 1.29 is 14.2 Å². The average Bonchev–Trinajstić information content (AvgIpc) is 2.13. The van der Waals surface area contributed by atoms with Crippen LogP contribution in [0, 0.1) is 0 Å². The fourth-order valence-corrected chi connectivity index (χ4v) is 0.641. The molecule has 1 unspecified atom stereocenters. The molecule has 1 rings (SSSR count). The third-order valence-corrected chi connectivity index (χ3v) is 1.01. The van der Waals surface area contributed by atoms with Crippen LogP contribution in [-0.2, 0) is 14.2 Å². The van der Waals surface area contributed by atoms with Gasteiger partial charge in [0.2, 0.25) is 0 Å². The van der Waals surface area contributed by atoms with Crippen molar-refractivity contribution in [3.8, 4) is 0 Å². The first-order chi connectivity index (χ1) is 4.68. The summed E-state index contributed by atoms with van der Waals surface area (Å²) < 4.78 is 15.2. The molecule has 0 fully saturated rings. The topological polar surface area (TPSA) is 27.7 Å². The highest BCUT2D eigenvalue weighted by atomic mass is 16.9. The van der Waals surface area contributed by atoms with Gasteiger partial charge in [-0.3, -0.25) is 0 Å². The summed E-state index contributed by atoms with van der Waals surface area (Å²) in [5.41, 5.74) is 0. The van der Waals surface area contributed by atoms with Gasteiger partial charge < -0.3 is 14.2 Å². The van der Waals surface area contributed by atoms with Gasteiger partial charge in [-0.25, -0.2) is 0 Å². The van der Waals surface area contributed by atoms with Crippen molar-refractivity contribution in [1.82, 2.24) is 0 Å². The van der Waals surface area contributed by atoms with Crippen molar-refractivity contribution in [2.24, 2.45) is 0 Å². The molecule has 10 heavy (non-hydrogen) atoms. The first kappa shape index (κ1) is 7.41. The molecule has 1 atom stereocenters. The summed E-state index contributed by atoms with van der Waals surface area (Å²) in [4.78, 5) is 0. The lowest BCUT2D eigenvalue weighted by Crippen LogP contribution is -2.18. The number of ether oxygens (including phenoxy) is 3. The van der Waals surface area contributed by atoms with Gasteiger partial charge in [-0.2, -0.15) is 0 Å². The monoisotopic (exact) mass is 144 g/mol. The molecule has 0 spiro atoms. The highest BCUT2D eigenvalue weighted by Gasteiger charge is 2.17. The Kier molecular flexibility index (Phi) is 2.17. The van der Waals surface area contributed by atoms with Gasteiger partial charge in [-0.1, -0.05) is 0 Å². The van der Waals surface area contributed by atoms with Crippen LogP contribution in [-0.4, -0.2) is 12.6 Å². The molecule has 0 aromatic carbocycles. The molecule has 1 aliphatic rings. The fraction of sp³-hybridized carbons (Fsp3) is 0.714. The maximum Gasteiger partial charge on any atom is 0.360 e. The Balaban J connectivity index is 2.23. The zero-order valence-electron chi connectivity index (χ0n) is 6.46. The predicted molar refractivity (Wildman–Crippen MR) is 35.9 cm³/mol. The smallest absolute Gasteiger partial charge is 0.360 e. The lowest BCUT2D eigenvalue weighted by Gasteiger charge is -2.13. The molecule has 1 aliphatic heterocycles. The van der Waals surface area contributed by atoms with Gasteiger partial charge in [0, 0.05) is 0 Å². The van der Waals surface area contributed by atoms with E-state index in [1.54, 1.807) is 6.26 Å². The van der Waals surface area contributed by atoms with E-state index in [9.17, 15) is 0 Å². The van der Waals surface area contributed by atoms with Crippen molar-refractivity contribution in [1.29, 1.82) is 0 Å². The van der Waals surface area contributed by atoms with Crippen molar-refractivity contribution in [3.05, 3.63) is 12.0 Å². The minimum atomic E-state index is -0.528. The lowest BCUT2D eigenvalue weighted by molar-refractivity contribution is -0.239. The third kappa shape index (κ3) is 1.92. The molecule has 0 aliphatic carbocycles. The van der Waals surface area contributed by atoms with Crippen LogP contribution in [0.1, 0.15) is 20.8 Å². The van der Waals surface area contributed by atoms with Gasteiger partial charge in [0.1, 0.15) is 12.0 Å². The van der Waals surface area contributed by atoms with Crippen molar-refractivity contribution in [3.63, 3.8) is 0 Å². The molecule has 0 radical (unpaired) electrons. The summed E-state index contributed by atoms with van der Waals surface area (Å²) in [6.45, 7) is 5.16. The maximum absolute atomic E-state index is 5.18. The van der Waals surface area contributed by atoms with Crippen LogP contribution in [0.15, 0.2) is 12.0 Å². The van der Waals surface area contributed by atoms with Crippen molar-refractivity contribution >= 4 is 0 Å². The first-order valence-electron chi connectivity index (χ1n) is 3.33. The maximum atomic E-state index is 5.18. The van der Waals surface area contributed by atoms with Gasteiger partial charge in [-0.15, -0.1) is 0 Å². The van der Waals surface area contributed by atoms with Crippen LogP contribution >= 0.6 is 0 Å². The molecular formula is C7H12O3. The molecule has 0 amide bonds. The summed E-state index contributed by atoms with van der Waals surface area (Å²) in [6.07, 6.45) is 1.68. The molecule has 58 valence electrons. The van der Waals surface area contributed by atoms with E-state index in [0.717, 1.165) is 5.76 Å². The third-order valence-electron chi connectivity index (χ3n) is 1.01. The standard InChI is InChI=1S/C7H12O3/c1-5(2)9-7-8-4-6(3)10-7/h4-5,7H,1-3H3. The second-order valence-electron chi connectivity index (χ2n) is 2.46. The van der Waals surface area contributed by atoms with Crippen LogP contribution in [0.3, 0.4) is 0 Å². The van der Waals surface area contributed by atoms with Crippen LogP contribution in [0.4, 0.5) is 0 Å². The number of rotatable bonds is 2. The van der Waals surface area contributed by atoms with E-state index >= 15 is 0 Å². The van der Waals surface area contributed by atoms with E-state index in [4.69, 9.17) is 14.2 Å². The molecule has 0 saturated carbocycles. The van der Waals surface area contributed by atoms with Gasteiger partial charge >= 0.3 is 6.48 Å². The molecule has 0 saturated heterocycles. The van der Waals surface area contributed by atoms with Crippen LogP contribution in [0.5, 0.6) is 0 Å². The molecule has 3 heteroatoms. The van der Waals surface area contributed by atoms with E-state index < -0.39 is 6.48 Å². The summed E-state index contributed by atoms with van der Waals surface area (Å²) in [5, 5.41) is 0. The van der Waals surface area contributed by atoms with Crippen molar-refractivity contribution in [2.75, 3.05) is 0 Å². The molecule has 0 aromatic heterocycles. The number of allylic oxidation sites excluding steroid dienone is 1. The molecule has 0 bridgehead atoms. The molecular weight excluding hydrogens is 132 g/mol. The second-order valence-corrected chi connectivity index (χ2v) is 2.46. The van der Waals surface area contributed by atoms with E-state index in [2.05, 4.69) is 0 Å². The van der Waals surface area contributed by atoms with Gasteiger partial charge in [0.15, 0.2) is 0 Å². The minimum absolute atomic E-state index is 0.129. The SMILES string of the molecule is CC1=COC(OC(C)C)O1. The summed E-state index contributed by atoms with van der Waals surface area (Å²) >= 11 is 0. The highest BCUT2D eigenvalue weighted by molar-refractivity contribution is 4.85. The Labute approximate surface area is 60.6 Å². The van der Waals surface area contributed by atoms with E-state index in [1.807, 2.05) is 20.8 Å². The average molecular weight is 144 g/mol. The molecule has 3 nitrogen and oxygen atoms in total. The summed E-state index contributed by atoms with van der Waals surface area (Å²) in [6, 6.07) is 0. The highest BCUT2D eigenvalue weighted by Crippen LogP contribution is 2.15. The zero-order chi connectivity index (χ0) is 7.56. The Morgan fingerprint density at radius 3 is 2.70 bits per heavy atom. The van der Waals surface area contributed by atoms with Crippen molar-refractivity contribution in [2.45, 2.75) is 33.4 Å². The molecule has 0 aromatic rings. The zero-order valence-corrected chi connectivity index (χ0v) is 6.46. The first-order valence-corrected chi connectivity index (χ1v) is 3.33. The summed E-state index contributed by atoms with van der Waals surface area (Å²) in [5.74, 6) is 0.755.